The monoisotopic (exact) mass is 268 g/mol. The fourth-order valence-corrected chi connectivity index (χ4v) is 3.78. The zero-order valence-corrected chi connectivity index (χ0v) is 12.4. The van der Waals surface area contributed by atoms with Crippen molar-refractivity contribution in [1.82, 2.24) is 9.80 Å². The number of likely N-dealkylation sites (tertiary alicyclic amines) is 2. The van der Waals surface area contributed by atoms with Crippen molar-refractivity contribution in [3.05, 3.63) is 0 Å². The summed E-state index contributed by atoms with van der Waals surface area (Å²) in [6.45, 7) is 9.54. The van der Waals surface area contributed by atoms with Gasteiger partial charge < -0.3 is 10.0 Å². The molecule has 2 fully saturated rings. The molecule has 0 bridgehead atoms. The molecule has 0 aromatic rings. The standard InChI is InChI=1S/C15H28N2O2/c1-3-7-15(14(18)19)8-11-17(12-15)13-5-9-16(4-2)10-6-13/h13H,3-12H2,1-2H3,(H,18,19). The summed E-state index contributed by atoms with van der Waals surface area (Å²) in [4.78, 5) is 16.5. The Bertz CT molecular complexity index is 313. The lowest BCUT2D eigenvalue weighted by Gasteiger charge is -2.37. The van der Waals surface area contributed by atoms with Gasteiger partial charge in [-0.2, -0.15) is 0 Å². The number of rotatable bonds is 5. The molecular weight excluding hydrogens is 240 g/mol. The van der Waals surface area contributed by atoms with Crippen molar-refractivity contribution >= 4 is 5.97 Å². The summed E-state index contributed by atoms with van der Waals surface area (Å²) < 4.78 is 0. The van der Waals surface area contributed by atoms with Crippen LogP contribution in [0, 0.1) is 5.41 Å². The van der Waals surface area contributed by atoms with Gasteiger partial charge in [0.1, 0.15) is 0 Å². The van der Waals surface area contributed by atoms with E-state index in [9.17, 15) is 9.90 Å². The summed E-state index contributed by atoms with van der Waals surface area (Å²) in [5, 5.41) is 9.56. The molecule has 4 heteroatoms. The lowest BCUT2D eigenvalue weighted by atomic mass is 9.82. The highest BCUT2D eigenvalue weighted by Gasteiger charge is 2.45. The molecule has 0 amide bonds. The van der Waals surface area contributed by atoms with E-state index < -0.39 is 11.4 Å². The molecule has 19 heavy (non-hydrogen) atoms. The molecule has 0 aliphatic carbocycles. The second kappa shape index (κ2) is 6.23. The molecular formula is C15H28N2O2. The summed E-state index contributed by atoms with van der Waals surface area (Å²) in [6.07, 6.45) is 5.04. The van der Waals surface area contributed by atoms with Crippen LogP contribution in [0.5, 0.6) is 0 Å². The predicted molar refractivity (Wildman–Crippen MR) is 76.3 cm³/mol. The number of carboxylic acid groups (broad SMARTS) is 1. The quantitative estimate of drug-likeness (QED) is 0.829. The van der Waals surface area contributed by atoms with Crippen LogP contribution < -0.4 is 0 Å². The van der Waals surface area contributed by atoms with Crippen molar-refractivity contribution in [2.75, 3.05) is 32.7 Å². The largest absolute Gasteiger partial charge is 0.481 e. The SMILES string of the molecule is CCCC1(C(=O)O)CCN(C2CCN(CC)CC2)C1. The second-order valence-electron chi connectivity index (χ2n) is 6.22. The minimum atomic E-state index is -0.581. The molecule has 0 aromatic carbocycles. The summed E-state index contributed by atoms with van der Waals surface area (Å²) in [5.74, 6) is -0.581. The normalized spacial score (nSPS) is 30.8. The second-order valence-corrected chi connectivity index (χ2v) is 6.22. The molecule has 110 valence electrons. The zero-order chi connectivity index (χ0) is 13.9. The highest BCUT2D eigenvalue weighted by Crippen LogP contribution is 2.37. The summed E-state index contributed by atoms with van der Waals surface area (Å²) in [5.41, 5.74) is -0.462. The summed E-state index contributed by atoms with van der Waals surface area (Å²) in [6, 6.07) is 0.612. The van der Waals surface area contributed by atoms with E-state index in [0.717, 1.165) is 38.9 Å². The third-order valence-corrected chi connectivity index (χ3v) is 5.09. The first-order valence-corrected chi connectivity index (χ1v) is 7.81. The van der Waals surface area contributed by atoms with Gasteiger partial charge in [0, 0.05) is 12.6 Å². The van der Waals surface area contributed by atoms with E-state index in [1.165, 1.54) is 25.9 Å². The van der Waals surface area contributed by atoms with Gasteiger partial charge in [-0.1, -0.05) is 20.3 Å². The number of carboxylic acids is 1. The van der Waals surface area contributed by atoms with Gasteiger partial charge in [-0.15, -0.1) is 0 Å². The van der Waals surface area contributed by atoms with Crippen LogP contribution in [0.1, 0.15) is 46.0 Å². The van der Waals surface area contributed by atoms with Crippen LogP contribution >= 0.6 is 0 Å². The van der Waals surface area contributed by atoms with Gasteiger partial charge >= 0.3 is 5.97 Å². The maximum atomic E-state index is 11.6. The van der Waals surface area contributed by atoms with Crippen LogP contribution in [0.4, 0.5) is 0 Å². The molecule has 2 heterocycles. The molecule has 2 aliphatic rings. The average molecular weight is 268 g/mol. The number of aliphatic carboxylic acids is 1. The maximum absolute atomic E-state index is 11.6. The topological polar surface area (TPSA) is 43.8 Å². The lowest BCUT2D eigenvalue weighted by molar-refractivity contribution is -0.148. The smallest absolute Gasteiger partial charge is 0.310 e. The third kappa shape index (κ3) is 3.11. The molecule has 2 saturated heterocycles. The minimum absolute atomic E-state index is 0.462. The molecule has 0 radical (unpaired) electrons. The fraction of sp³-hybridized carbons (Fsp3) is 0.933. The first kappa shape index (κ1) is 14.8. The van der Waals surface area contributed by atoms with Gasteiger partial charge in [0.05, 0.1) is 5.41 Å². The maximum Gasteiger partial charge on any atom is 0.310 e. The fourth-order valence-electron chi connectivity index (χ4n) is 3.78. The number of hydrogen-bond donors (Lipinski definition) is 1. The van der Waals surface area contributed by atoms with Crippen LogP contribution in [0.15, 0.2) is 0 Å². The highest BCUT2D eigenvalue weighted by atomic mass is 16.4. The summed E-state index contributed by atoms with van der Waals surface area (Å²) >= 11 is 0. The summed E-state index contributed by atoms with van der Waals surface area (Å²) in [7, 11) is 0. The zero-order valence-electron chi connectivity index (χ0n) is 12.4. The lowest BCUT2D eigenvalue weighted by Crippen LogP contribution is -2.45. The van der Waals surface area contributed by atoms with E-state index in [1.54, 1.807) is 0 Å². The van der Waals surface area contributed by atoms with E-state index in [-0.39, 0.29) is 0 Å². The Balaban J connectivity index is 1.92. The van der Waals surface area contributed by atoms with Gasteiger partial charge in [0.2, 0.25) is 0 Å². The number of piperidine rings is 1. The van der Waals surface area contributed by atoms with Gasteiger partial charge in [0.15, 0.2) is 0 Å². The van der Waals surface area contributed by atoms with E-state index in [2.05, 4.69) is 23.6 Å². The Kier molecular flexibility index (Phi) is 4.85. The Hall–Kier alpha value is -0.610. The van der Waals surface area contributed by atoms with Crippen molar-refractivity contribution in [3.8, 4) is 0 Å². The number of hydrogen-bond acceptors (Lipinski definition) is 3. The van der Waals surface area contributed by atoms with Crippen molar-refractivity contribution in [2.24, 2.45) is 5.41 Å². The molecule has 4 nitrogen and oxygen atoms in total. The van der Waals surface area contributed by atoms with Crippen molar-refractivity contribution in [2.45, 2.75) is 52.0 Å². The third-order valence-electron chi connectivity index (χ3n) is 5.09. The van der Waals surface area contributed by atoms with Gasteiger partial charge in [-0.05, 0) is 51.9 Å². The molecule has 1 atom stereocenters. The van der Waals surface area contributed by atoms with E-state index in [0.29, 0.717) is 6.04 Å². The Morgan fingerprint density at radius 3 is 2.47 bits per heavy atom. The number of nitrogens with zero attached hydrogens (tertiary/aromatic N) is 2. The molecule has 0 saturated carbocycles. The van der Waals surface area contributed by atoms with Gasteiger partial charge in [-0.3, -0.25) is 9.69 Å². The molecule has 0 aromatic heterocycles. The Labute approximate surface area is 116 Å². The number of carbonyl (C=O) groups is 1. The van der Waals surface area contributed by atoms with Gasteiger partial charge in [0.25, 0.3) is 0 Å². The minimum Gasteiger partial charge on any atom is -0.481 e. The van der Waals surface area contributed by atoms with Crippen LogP contribution in [0.25, 0.3) is 0 Å². The molecule has 1 N–H and O–H groups in total. The Morgan fingerprint density at radius 1 is 1.26 bits per heavy atom. The van der Waals surface area contributed by atoms with Gasteiger partial charge in [-0.25, -0.2) is 0 Å². The van der Waals surface area contributed by atoms with Crippen molar-refractivity contribution in [3.63, 3.8) is 0 Å². The Morgan fingerprint density at radius 2 is 1.95 bits per heavy atom. The molecule has 2 rings (SSSR count). The van der Waals surface area contributed by atoms with Crippen molar-refractivity contribution in [1.29, 1.82) is 0 Å². The predicted octanol–water partition coefficient (Wildman–Crippen LogP) is 2.05. The van der Waals surface area contributed by atoms with E-state index in [4.69, 9.17) is 0 Å². The van der Waals surface area contributed by atoms with Crippen LogP contribution in [-0.2, 0) is 4.79 Å². The molecule has 1 unspecified atom stereocenters. The molecule has 0 spiro atoms. The molecule has 2 aliphatic heterocycles. The van der Waals surface area contributed by atoms with Crippen LogP contribution in [0.3, 0.4) is 0 Å². The average Bonchev–Trinajstić information content (AvgIpc) is 2.85. The van der Waals surface area contributed by atoms with E-state index >= 15 is 0 Å². The van der Waals surface area contributed by atoms with Crippen LogP contribution in [-0.4, -0.2) is 59.6 Å². The first-order valence-electron chi connectivity index (χ1n) is 7.81. The van der Waals surface area contributed by atoms with Crippen LogP contribution in [0.2, 0.25) is 0 Å². The highest BCUT2D eigenvalue weighted by molar-refractivity contribution is 5.75. The first-order chi connectivity index (χ1) is 9.11. The van der Waals surface area contributed by atoms with E-state index in [1.807, 2.05) is 0 Å². The van der Waals surface area contributed by atoms with Crippen molar-refractivity contribution < 1.29 is 9.90 Å².